The van der Waals surface area contributed by atoms with Crippen molar-refractivity contribution in [2.45, 2.75) is 52.4 Å². The van der Waals surface area contributed by atoms with E-state index in [1.165, 1.54) is 24.3 Å². The fourth-order valence-electron chi connectivity index (χ4n) is 2.87. The lowest BCUT2D eigenvalue weighted by atomic mass is 10.1. The van der Waals surface area contributed by atoms with Crippen molar-refractivity contribution >= 4 is 5.91 Å². The van der Waals surface area contributed by atoms with Gasteiger partial charge in [-0.2, -0.15) is 0 Å². The minimum atomic E-state index is -0.776. The van der Waals surface area contributed by atoms with Crippen LogP contribution in [0.25, 0.3) is 0 Å². The fourth-order valence-corrected chi connectivity index (χ4v) is 2.87. The molecular formula is C24H32FNO5. The van der Waals surface area contributed by atoms with Crippen LogP contribution in [0.5, 0.6) is 17.2 Å². The van der Waals surface area contributed by atoms with Crippen molar-refractivity contribution in [3.63, 3.8) is 0 Å². The Bertz CT molecular complexity index is 823. The summed E-state index contributed by atoms with van der Waals surface area (Å²) in [7, 11) is 1.60. The highest BCUT2D eigenvalue weighted by Crippen LogP contribution is 2.29. The van der Waals surface area contributed by atoms with Crippen molar-refractivity contribution in [1.29, 1.82) is 0 Å². The molecule has 0 spiro atoms. The molecule has 0 aliphatic carbocycles. The number of carbonyl (C=O) groups is 1. The van der Waals surface area contributed by atoms with Crippen LogP contribution in [0.15, 0.2) is 42.5 Å². The van der Waals surface area contributed by atoms with E-state index in [0.717, 1.165) is 5.56 Å². The number of amides is 1. The SMILES string of the molecule is COc1cc(CCNC(=O)C(COc2ccc(F)cc2)OC(C)C)ccc1OC(C)C. The topological polar surface area (TPSA) is 66.0 Å². The second-order valence-electron chi connectivity index (χ2n) is 7.63. The normalized spacial score (nSPS) is 12.0. The lowest BCUT2D eigenvalue weighted by Gasteiger charge is -2.20. The molecule has 0 radical (unpaired) electrons. The Morgan fingerprint density at radius 3 is 2.32 bits per heavy atom. The monoisotopic (exact) mass is 433 g/mol. The van der Waals surface area contributed by atoms with E-state index in [1.54, 1.807) is 7.11 Å². The number of benzene rings is 2. The molecule has 1 amide bonds. The molecule has 0 aliphatic heterocycles. The predicted molar refractivity (Wildman–Crippen MR) is 117 cm³/mol. The van der Waals surface area contributed by atoms with E-state index >= 15 is 0 Å². The zero-order chi connectivity index (χ0) is 22.8. The second-order valence-corrected chi connectivity index (χ2v) is 7.63. The van der Waals surface area contributed by atoms with Crippen molar-refractivity contribution < 1.29 is 28.1 Å². The largest absolute Gasteiger partial charge is 0.493 e. The van der Waals surface area contributed by atoms with Crippen LogP contribution in [0.3, 0.4) is 0 Å². The Labute approximate surface area is 183 Å². The Morgan fingerprint density at radius 1 is 1.00 bits per heavy atom. The molecule has 6 nitrogen and oxygen atoms in total. The molecule has 0 aliphatic rings. The molecule has 1 unspecified atom stereocenters. The molecule has 2 rings (SSSR count). The zero-order valence-electron chi connectivity index (χ0n) is 18.8. The molecular weight excluding hydrogens is 401 g/mol. The van der Waals surface area contributed by atoms with Gasteiger partial charge in [-0.1, -0.05) is 6.07 Å². The van der Waals surface area contributed by atoms with E-state index in [1.807, 2.05) is 45.9 Å². The van der Waals surface area contributed by atoms with Gasteiger partial charge < -0.3 is 24.3 Å². The smallest absolute Gasteiger partial charge is 0.252 e. The molecule has 0 saturated heterocycles. The Kier molecular flexibility index (Phi) is 9.59. The standard InChI is InChI=1S/C24H32FNO5/c1-16(2)30-21-11-6-18(14-22(21)28-5)12-13-26-24(27)23(31-17(3)4)15-29-20-9-7-19(25)8-10-20/h6-11,14,16-17,23H,12-13,15H2,1-5H3,(H,26,27). The third-order valence-corrected chi connectivity index (χ3v) is 4.25. The summed E-state index contributed by atoms with van der Waals surface area (Å²) in [5.41, 5.74) is 1.01. The maximum Gasteiger partial charge on any atom is 0.252 e. The number of nitrogens with one attached hydrogen (secondary N) is 1. The minimum Gasteiger partial charge on any atom is -0.493 e. The number of halogens is 1. The zero-order valence-corrected chi connectivity index (χ0v) is 18.8. The highest BCUT2D eigenvalue weighted by molar-refractivity contribution is 5.81. The van der Waals surface area contributed by atoms with Crippen LogP contribution in [-0.4, -0.2) is 44.5 Å². The molecule has 0 aromatic heterocycles. The van der Waals surface area contributed by atoms with Gasteiger partial charge in [0.2, 0.25) is 0 Å². The quantitative estimate of drug-likeness (QED) is 0.545. The van der Waals surface area contributed by atoms with Crippen molar-refractivity contribution in [2.24, 2.45) is 0 Å². The molecule has 7 heteroatoms. The van der Waals surface area contributed by atoms with Gasteiger partial charge in [0.1, 0.15) is 18.2 Å². The van der Waals surface area contributed by atoms with Crippen molar-refractivity contribution in [2.75, 3.05) is 20.3 Å². The highest BCUT2D eigenvalue weighted by Gasteiger charge is 2.21. The van der Waals surface area contributed by atoms with Crippen LogP contribution in [0.4, 0.5) is 4.39 Å². The molecule has 170 valence electrons. The number of rotatable bonds is 12. The minimum absolute atomic E-state index is 0.0324. The van der Waals surface area contributed by atoms with Crippen LogP contribution in [0, 0.1) is 5.82 Å². The fraction of sp³-hybridized carbons (Fsp3) is 0.458. The van der Waals surface area contributed by atoms with Crippen molar-refractivity contribution in [1.82, 2.24) is 5.32 Å². The van der Waals surface area contributed by atoms with Gasteiger partial charge in [-0.05, 0) is 76.1 Å². The Balaban J connectivity index is 1.90. The van der Waals surface area contributed by atoms with E-state index in [4.69, 9.17) is 18.9 Å². The highest BCUT2D eigenvalue weighted by atomic mass is 19.1. The lowest BCUT2D eigenvalue weighted by Crippen LogP contribution is -2.42. The molecule has 2 aromatic rings. The van der Waals surface area contributed by atoms with E-state index in [-0.39, 0.29) is 30.5 Å². The maximum atomic E-state index is 13.0. The summed E-state index contributed by atoms with van der Waals surface area (Å²) in [6.45, 7) is 8.08. The van der Waals surface area contributed by atoms with Crippen LogP contribution in [0.2, 0.25) is 0 Å². The summed E-state index contributed by atoms with van der Waals surface area (Å²) in [6, 6.07) is 11.4. The van der Waals surface area contributed by atoms with Gasteiger partial charge in [0.15, 0.2) is 17.6 Å². The van der Waals surface area contributed by atoms with Crippen molar-refractivity contribution in [3.8, 4) is 17.2 Å². The maximum absolute atomic E-state index is 13.0. The third kappa shape index (κ3) is 8.45. The summed E-state index contributed by atoms with van der Waals surface area (Å²) >= 11 is 0. The lowest BCUT2D eigenvalue weighted by molar-refractivity contribution is -0.137. The molecule has 31 heavy (non-hydrogen) atoms. The number of ether oxygens (including phenoxy) is 4. The number of hydrogen-bond acceptors (Lipinski definition) is 5. The van der Waals surface area contributed by atoms with Crippen molar-refractivity contribution in [3.05, 3.63) is 53.8 Å². The molecule has 1 N–H and O–H groups in total. The molecule has 2 aromatic carbocycles. The average molecular weight is 434 g/mol. The van der Waals surface area contributed by atoms with Crippen LogP contribution in [-0.2, 0) is 16.0 Å². The van der Waals surface area contributed by atoms with Gasteiger partial charge in [0.05, 0.1) is 19.3 Å². The van der Waals surface area contributed by atoms with E-state index in [2.05, 4.69) is 5.32 Å². The Hall–Kier alpha value is -2.80. The van der Waals surface area contributed by atoms with E-state index in [9.17, 15) is 9.18 Å². The van der Waals surface area contributed by atoms with Crippen LogP contribution < -0.4 is 19.5 Å². The molecule has 0 heterocycles. The second kappa shape index (κ2) is 12.2. The summed E-state index contributed by atoms with van der Waals surface area (Å²) in [5.74, 6) is 1.21. The van der Waals surface area contributed by atoms with E-state index < -0.39 is 6.10 Å². The predicted octanol–water partition coefficient (Wildman–Crippen LogP) is 4.15. The van der Waals surface area contributed by atoms with Gasteiger partial charge in [0.25, 0.3) is 5.91 Å². The number of carbonyl (C=O) groups excluding carboxylic acids is 1. The summed E-state index contributed by atoms with van der Waals surface area (Å²) in [5, 5.41) is 2.89. The summed E-state index contributed by atoms with van der Waals surface area (Å²) < 4.78 is 35.5. The first-order valence-corrected chi connectivity index (χ1v) is 10.4. The van der Waals surface area contributed by atoms with Gasteiger partial charge >= 0.3 is 0 Å². The summed E-state index contributed by atoms with van der Waals surface area (Å²) in [4.78, 5) is 12.6. The third-order valence-electron chi connectivity index (χ3n) is 4.25. The van der Waals surface area contributed by atoms with Crippen LogP contribution >= 0.6 is 0 Å². The number of methoxy groups -OCH3 is 1. The molecule has 0 saturated carbocycles. The molecule has 0 fully saturated rings. The van der Waals surface area contributed by atoms with Gasteiger partial charge in [0, 0.05) is 6.54 Å². The first-order valence-electron chi connectivity index (χ1n) is 10.4. The van der Waals surface area contributed by atoms with Gasteiger partial charge in [-0.3, -0.25) is 4.79 Å². The summed E-state index contributed by atoms with van der Waals surface area (Å²) in [6.07, 6.45) is -0.252. The number of hydrogen-bond donors (Lipinski definition) is 1. The molecule has 1 atom stereocenters. The average Bonchev–Trinajstić information content (AvgIpc) is 2.72. The van der Waals surface area contributed by atoms with Gasteiger partial charge in [-0.15, -0.1) is 0 Å². The first kappa shape index (κ1) is 24.5. The molecule has 0 bridgehead atoms. The van der Waals surface area contributed by atoms with E-state index in [0.29, 0.717) is 30.2 Å². The Morgan fingerprint density at radius 2 is 1.71 bits per heavy atom. The van der Waals surface area contributed by atoms with Crippen LogP contribution in [0.1, 0.15) is 33.3 Å². The first-order chi connectivity index (χ1) is 14.8. The van der Waals surface area contributed by atoms with Gasteiger partial charge in [-0.25, -0.2) is 4.39 Å².